The Hall–Kier alpha value is -0.740. The monoisotopic (exact) mass is 311 g/mol. The van der Waals surface area contributed by atoms with Gasteiger partial charge in [-0.25, -0.2) is 0 Å². The molecule has 1 heterocycles. The number of hydrogen-bond acceptors (Lipinski definition) is 3. The van der Waals surface area contributed by atoms with Crippen LogP contribution in [-0.2, 0) is 0 Å². The summed E-state index contributed by atoms with van der Waals surface area (Å²) >= 11 is 3.46. The summed E-state index contributed by atoms with van der Waals surface area (Å²) in [5.41, 5.74) is 0.751. The van der Waals surface area contributed by atoms with E-state index in [9.17, 15) is 5.11 Å². The van der Waals surface area contributed by atoms with E-state index in [1.54, 1.807) is 0 Å². The molecule has 1 aliphatic carbocycles. The van der Waals surface area contributed by atoms with Gasteiger partial charge in [0.25, 0.3) is 0 Å². The molecular formula is C14H18BrNO2. The zero-order chi connectivity index (χ0) is 12.6. The summed E-state index contributed by atoms with van der Waals surface area (Å²) in [6, 6.07) is 6.14. The molecule has 3 rings (SSSR count). The van der Waals surface area contributed by atoms with Crippen molar-refractivity contribution in [3.05, 3.63) is 22.7 Å². The van der Waals surface area contributed by atoms with Crippen LogP contribution in [0.3, 0.4) is 0 Å². The molecule has 1 aromatic rings. The van der Waals surface area contributed by atoms with E-state index in [1.807, 2.05) is 12.1 Å². The van der Waals surface area contributed by atoms with E-state index in [1.165, 1.54) is 6.42 Å². The van der Waals surface area contributed by atoms with Crippen LogP contribution in [0.25, 0.3) is 0 Å². The highest BCUT2D eigenvalue weighted by Gasteiger charge is 2.34. The highest BCUT2D eigenvalue weighted by Crippen LogP contribution is 2.37. The Bertz CT molecular complexity index is 445. The number of nitrogens with zero attached hydrogens (tertiary/aromatic N) is 1. The van der Waals surface area contributed by atoms with Crippen LogP contribution >= 0.6 is 15.9 Å². The molecule has 0 saturated heterocycles. The Morgan fingerprint density at radius 3 is 2.94 bits per heavy atom. The van der Waals surface area contributed by atoms with Gasteiger partial charge in [-0.1, -0.05) is 15.9 Å². The summed E-state index contributed by atoms with van der Waals surface area (Å²) in [5.74, 6) is 0.941. The molecule has 0 atom stereocenters. The Labute approximate surface area is 116 Å². The molecule has 1 aliphatic heterocycles. The summed E-state index contributed by atoms with van der Waals surface area (Å²) in [6.45, 7) is 2.54. The fourth-order valence-corrected chi connectivity index (χ4v) is 3.00. The van der Waals surface area contributed by atoms with Crippen LogP contribution in [0.15, 0.2) is 22.7 Å². The number of rotatable bonds is 3. The van der Waals surface area contributed by atoms with Crippen LogP contribution in [0.2, 0.25) is 0 Å². The van der Waals surface area contributed by atoms with Crippen LogP contribution < -0.4 is 9.64 Å². The molecule has 0 radical (unpaired) electrons. The lowest BCUT2D eigenvalue weighted by molar-refractivity contribution is -0.0383. The van der Waals surface area contributed by atoms with Gasteiger partial charge in [0.15, 0.2) is 0 Å². The van der Waals surface area contributed by atoms with Gasteiger partial charge in [-0.15, -0.1) is 0 Å². The van der Waals surface area contributed by atoms with E-state index in [2.05, 4.69) is 26.9 Å². The van der Waals surface area contributed by atoms with Gasteiger partial charge in [0, 0.05) is 11.0 Å². The molecule has 1 N–H and O–H groups in total. The predicted molar refractivity (Wildman–Crippen MR) is 75.3 cm³/mol. The topological polar surface area (TPSA) is 32.7 Å². The first-order chi connectivity index (χ1) is 8.66. The van der Waals surface area contributed by atoms with E-state index >= 15 is 0 Å². The summed E-state index contributed by atoms with van der Waals surface area (Å²) in [5, 5.41) is 10.2. The minimum Gasteiger partial charge on any atom is -0.490 e. The fraction of sp³-hybridized carbons (Fsp3) is 0.571. The van der Waals surface area contributed by atoms with Gasteiger partial charge < -0.3 is 14.7 Å². The van der Waals surface area contributed by atoms with Crippen LogP contribution in [0.5, 0.6) is 5.75 Å². The molecular weight excluding hydrogens is 294 g/mol. The molecule has 1 fully saturated rings. The van der Waals surface area contributed by atoms with Crippen molar-refractivity contribution in [2.45, 2.75) is 31.3 Å². The van der Waals surface area contributed by atoms with Gasteiger partial charge >= 0.3 is 0 Å². The second kappa shape index (κ2) is 4.74. The lowest BCUT2D eigenvalue weighted by Gasteiger charge is -2.39. The summed E-state index contributed by atoms with van der Waals surface area (Å²) in [4.78, 5) is 2.32. The molecule has 0 bridgehead atoms. The molecule has 0 amide bonds. The van der Waals surface area contributed by atoms with E-state index < -0.39 is 5.60 Å². The third kappa shape index (κ3) is 2.36. The number of halogens is 1. The Morgan fingerprint density at radius 2 is 2.22 bits per heavy atom. The summed E-state index contributed by atoms with van der Waals surface area (Å²) < 4.78 is 6.71. The number of benzene rings is 1. The molecule has 98 valence electrons. The summed E-state index contributed by atoms with van der Waals surface area (Å²) in [6.07, 6.45) is 3.96. The number of anilines is 1. The second-order valence-electron chi connectivity index (χ2n) is 5.28. The molecule has 4 heteroatoms. The van der Waals surface area contributed by atoms with Crippen molar-refractivity contribution in [1.29, 1.82) is 0 Å². The molecule has 1 aromatic carbocycles. The highest BCUT2D eigenvalue weighted by molar-refractivity contribution is 9.10. The van der Waals surface area contributed by atoms with E-state index in [0.29, 0.717) is 0 Å². The number of hydrogen-bond donors (Lipinski definition) is 1. The average Bonchev–Trinajstić information content (AvgIpc) is 2.33. The van der Waals surface area contributed by atoms with E-state index in [0.717, 1.165) is 54.9 Å². The molecule has 3 nitrogen and oxygen atoms in total. The molecule has 2 aliphatic rings. The van der Waals surface area contributed by atoms with Crippen molar-refractivity contribution in [2.75, 3.05) is 24.6 Å². The maximum absolute atomic E-state index is 10.2. The van der Waals surface area contributed by atoms with Crippen LogP contribution in [0.4, 0.5) is 5.69 Å². The Balaban J connectivity index is 1.71. The van der Waals surface area contributed by atoms with Crippen molar-refractivity contribution in [2.24, 2.45) is 0 Å². The maximum atomic E-state index is 10.2. The standard InChI is InChI=1S/C14H18BrNO2/c15-11-2-3-12-13(10-11)18-9-8-16(12)7-6-14(17)4-1-5-14/h2-3,10,17H,1,4-9H2. The molecule has 18 heavy (non-hydrogen) atoms. The highest BCUT2D eigenvalue weighted by atomic mass is 79.9. The molecule has 1 saturated carbocycles. The summed E-state index contributed by atoms with van der Waals surface area (Å²) in [7, 11) is 0. The van der Waals surface area contributed by atoms with E-state index in [-0.39, 0.29) is 0 Å². The predicted octanol–water partition coefficient (Wildman–Crippen LogP) is 2.95. The lowest BCUT2D eigenvalue weighted by Crippen LogP contribution is -2.42. The molecule has 0 spiro atoms. The zero-order valence-electron chi connectivity index (χ0n) is 10.4. The normalized spacial score (nSPS) is 20.9. The number of aliphatic hydroxyl groups is 1. The van der Waals surface area contributed by atoms with Gasteiger partial charge in [-0.2, -0.15) is 0 Å². The minimum absolute atomic E-state index is 0.395. The maximum Gasteiger partial charge on any atom is 0.143 e. The quantitative estimate of drug-likeness (QED) is 0.931. The third-order valence-electron chi connectivity index (χ3n) is 4.01. The van der Waals surface area contributed by atoms with Gasteiger partial charge in [0.2, 0.25) is 0 Å². The van der Waals surface area contributed by atoms with E-state index in [4.69, 9.17) is 4.74 Å². The Kier molecular flexibility index (Phi) is 3.24. The van der Waals surface area contributed by atoms with Gasteiger partial charge in [0.1, 0.15) is 12.4 Å². The number of ether oxygens (including phenoxy) is 1. The first-order valence-electron chi connectivity index (χ1n) is 6.56. The zero-order valence-corrected chi connectivity index (χ0v) is 11.9. The van der Waals surface area contributed by atoms with Crippen molar-refractivity contribution in [3.8, 4) is 5.75 Å². The van der Waals surface area contributed by atoms with Gasteiger partial charge in [-0.05, 0) is 43.9 Å². The van der Waals surface area contributed by atoms with Crippen LogP contribution in [-0.4, -0.2) is 30.4 Å². The van der Waals surface area contributed by atoms with Crippen molar-refractivity contribution in [1.82, 2.24) is 0 Å². The largest absolute Gasteiger partial charge is 0.490 e. The fourth-order valence-electron chi connectivity index (χ4n) is 2.66. The average molecular weight is 312 g/mol. The molecule has 0 aromatic heterocycles. The first kappa shape index (κ1) is 12.3. The second-order valence-corrected chi connectivity index (χ2v) is 6.19. The minimum atomic E-state index is -0.395. The van der Waals surface area contributed by atoms with Gasteiger partial charge in [-0.3, -0.25) is 0 Å². The smallest absolute Gasteiger partial charge is 0.143 e. The van der Waals surface area contributed by atoms with Crippen molar-refractivity contribution < 1.29 is 9.84 Å². The lowest BCUT2D eigenvalue weighted by atomic mass is 9.78. The first-order valence-corrected chi connectivity index (χ1v) is 7.35. The Morgan fingerprint density at radius 1 is 1.39 bits per heavy atom. The third-order valence-corrected chi connectivity index (χ3v) is 4.51. The molecule has 0 unspecified atom stereocenters. The van der Waals surface area contributed by atoms with Crippen LogP contribution in [0.1, 0.15) is 25.7 Å². The van der Waals surface area contributed by atoms with Crippen molar-refractivity contribution >= 4 is 21.6 Å². The van der Waals surface area contributed by atoms with Crippen LogP contribution in [0, 0.1) is 0 Å². The number of fused-ring (bicyclic) bond motifs is 1. The van der Waals surface area contributed by atoms with Gasteiger partial charge in [0.05, 0.1) is 17.8 Å². The van der Waals surface area contributed by atoms with Crippen molar-refractivity contribution in [3.63, 3.8) is 0 Å². The SMILES string of the molecule is OC1(CCN2CCOc3cc(Br)ccc32)CCC1.